The fourth-order valence-corrected chi connectivity index (χ4v) is 4.36. The number of nitrogens with one attached hydrogen (secondary N) is 2. The number of amides is 1. The molecule has 1 fully saturated rings. The standard InChI is InChI=1S/C25H27N5O3/c1-26-25(31)17-7-11-30(12-8-17)13-9-19-16-32-23-14-20(3-4-21(19)23)33-24-5-2-18(15-27-24)22-6-10-28-29-22/h2-6,10,14-17H,7-9,11-13H2,1H3,(H,26,31)(H,28,29). The molecule has 0 bridgehead atoms. The number of hydrogen-bond donors (Lipinski definition) is 2. The summed E-state index contributed by atoms with van der Waals surface area (Å²) >= 11 is 0. The van der Waals surface area contributed by atoms with Gasteiger partial charge in [0, 0.05) is 55.0 Å². The molecule has 4 aromatic rings. The van der Waals surface area contributed by atoms with Crippen molar-refractivity contribution in [2.75, 3.05) is 26.7 Å². The number of likely N-dealkylation sites (tertiary alicyclic amines) is 1. The summed E-state index contributed by atoms with van der Waals surface area (Å²) in [4.78, 5) is 18.6. The third-order valence-corrected chi connectivity index (χ3v) is 6.30. The predicted molar refractivity (Wildman–Crippen MR) is 125 cm³/mol. The van der Waals surface area contributed by atoms with Gasteiger partial charge in [-0.15, -0.1) is 0 Å². The van der Waals surface area contributed by atoms with Gasteiger partial charge in [0.15, 0.2) is 0 Å². The Morgan fingerprint density at radius 1 is 1.24 bits per heavy atom. The highest BCUT2D eigenvalue weighted by atomic mass is 16.5. The highest BCUT2D eigenvalue weighted by Gasteiger charge is 2.24. The van der Waals surface area contributed by atoms with Gasteiger partial charge in [0.1, 0.15) is 11.3 Å². The highest BCUT2D eigenvalue weighted by molar-refractivity contribution is 5.82. The number of pyridine rings is 1. The molecule has 0 spiro atoms. The van der Waals surface area contributed by atoms with Gasteiger partial charge in [-0.1, -0.05) is 0 Å². The van der Waals surface area contributed by atoms with E-state index in [1.165, 1.54) is 5.56 Å². The van der Waals surface area contributed by atoms with Crippen molar-refractivity contribution in [2.24, 2.45) is 5.92 Å². The quantitative estimate of drug-likeness (QED) is 0.446. The number of carbonyl (C=O) groups excluding carboxylic acids is 1. The topological polar surface area (TPSA) is 96.3 Å². The maximum absolute atomic E-state index is 11.8. The molecule has 8 nitrogen and oxygen atoms in total. The van der Waals surface area contributed by atoms with Gasteiger partial charge in [-0.05, 0) is 62.2 Å². The summed E-state index contributed by atoms with van der Waals surface area (Å²) in [6.07, 6.45) is 8.05. The van der Waals surface area contributed by atoms with E-state index in [0.29, 0.717) is 11.6 Å². The number of furan rings is 1. The van der Waals surface area contributed by atoms with Crippen LogP contribution in [0.1, 0.15) is 18.4 Å². The number of fused-ring (bicyclic) bond motifs is 1. The Kier molecular flexibility index (Phi) is 6.08. The zero-order valence-corrected chi connectivity index (χ0v) is 18.6. The van der Waals surface area contributed by atoms with E-state index in [0.717, 1.165) is 61.1 Å². The Labute approximate surface area is 192 Å². The predicted octanol–water partition coefficient (Wildman–Crippen LogP) is 4.01. The van der Waals surface area contributed by atoms with Crippen LogP contribution < -0.4 is 10.1 Å². The molecule has 8 heteroatoms. The fraction of sp³-hybridized carbons (Fsp3) is 0.320. The molecule has 0 radical (unpaired) electrons. The molecule has 33 heavy (non-hydrogen) atoms. The van der Waals surface area contributed by atoms with Crippen LogP contribution in [0, 0.1) is 5.92 Å². The van der Waals surface area contributed by atoms with Crippen LogP contribution in [-0.4, -0.2) is 52.7 Å². The lowest BCUT2D eigenvalue weighted by atomic mass is 9.95. The van der Waals surface area contributed by atoms with E-state index >= 15 is 0 Å². The Hall–Kier alpha value is -3.65. The Balaban J connectivity index is 1.19. The smallest absolute Gasteiger partial charge is 0.222 e. The molecular weight excluding hydrogens is 418 g/mol. The first-order chi connectivity index (χ1) is 16.2. The average Bonchev–Trinajstić information content (AvgIpc) is 3.53. The van der Waals surface area contributed by atoms with Crippen LogP contribution in [0.15, 0.2) is 59.5 Å². The number of piperidine rings is 1. The lowest BCUT2D eigenvalue weighted by Gasteiger charge is -2.30. The molecule has 1 aliphatic rings. The number of nitrogens with zero attached hydrogens (tertiary/aromatic N) is 3. The lowest BCUT2D eigenvalue weighted by molar-refractivity contribution is -0.125. The molecule has 1 amide bonds. The monoisotopic (exact) mass is 445 g/mol. The minimum Gasteiger partial charge on any atom is -0.464 e. The van der Waals surface area contributed by atoms with Crippen LogP contribution in [0.2, 0.25) is 0 Å². The summed E-state index contributed by atoms with van der Waals surface area (Å²) in [5.74, 6) is 1.51. The summed E-state index contributed by atoms with van der Waals surface area (Å²) in [6.45, 7) is 2.87. The molecule has 2 N–H and O–H groups in total. The number of carbonyl (C=O) groups is 1. The number of benzene rings is 1. The van der Waals surface area contributed by atoms with Gasteiger partial charge >= 0.3 is 0 Å². The minimum absolute atomic E-state index is 0.149. The van der Waals surface area contributed by atoms with Crippen molar-refractivity contribution in [3.63, 3.8) is 0 Å². The number of ether oxygens (including phenoxy) is 1. The molecular formula is C25H27N5O3. The number of hydrogen-bond acceptors (Lipinski definition) is 6. The highest BCUT2D eigenvalue weighted by Crippen LogP contribution is 2.29. The second-order valence-electron chi connectivity index (χ2n) is 8.36. The molecule has 4 heterocycles. The van der Waals surface area contributed by atoms with Crippen LogP contribution in [0.4, 0.5) is 0 Å². The maximum atomic E-state index is 11.8. The first-order valence-electron chi connectivity index (χ1n) is 11.3. The van der Waals surface area contributed by atoms with Crippen molar-refractivity contribution in [3.05, 3.63) is 60.6 Å². The van der Waals surface area contributed by atoms with E-state index in [2.05, 4.69) is 25.4 Å². The largest absolute Gasteiger partial charge is 0.464 e. The van der Waals surface area contributed by atoms with Gasteiger partial charge in [0.2, 0.25) is 11.8 Å². The van der Waals surface area contributed by atoms with E-state index in [-0.39, 0.29) is 11.8 Å². The molecule has 1 aliphatic heterocycles. The molecule has 170 valence electrons. The van der Waals surface area contributed by atoms with Crippen molar-refractivity contribution >= 4 is 16.9 Å². The summed E-state index contributed by atoms with van der Waals surface area (Å²) < 4.78 is 11.7. The molecule has 1 saturated heterocycles. The number of aromatic amines is 1. The molecule has 0 aliphatic carbocycles. The minimum atomic E-state index is 0.149. The van der Waals surface area contributed by atoms with E-state index in [1.54, 1.807) is 19.4 Å². The molecule has 0 unspecified atom stereocenters. The van der Waals surface area contributed by atoms with Gasteiger partial charge in [0.05, 0.1) is 12.0 Å². The van der Waals surface area contributed by atoms with Crippen LogP contribution in [0.5, 0.6) is 11.6 Å². The number of rotatable bonds is 7. The molecule has 5 rings (SSSR count). The van der Waals surface area contributed by atoms with E-state index in [4.69, 9.17) is 9.15 Å². The number of aromatic nitrogens is 3. The van der Waals surface area contributed by atoms with Crippen molar-refractivity contribution in [2.45, 2.75) is 19.3 Å². The van der Waals surface area contributed by atoms with Crippen molar-refractivity contribution in [3.8, 4) is 22.9 Å². The van der Waals surface area contributed by atoms with E-state index in [1.807, 2.05) is 42.7 Å². The molecule has 1 aromatic carbocycles. The summed E-state index contributed by atoms with van der Waals surface area (Å²) in [7, 11) is 1.71. The first-order valence-corrected chi connectivity index (χ1v) is 11.3. The second-order valence-corrected chi connectivity index (χ2v) is 8.36. The summed E-state index contributed by atoms with van der Waals surface area (Å²) in [5.41, 5.74) is 3.85. The van der Waals surface area contributed by atoms with Crippen LogP contribution in [-0.2, 0) is 11.2 Å². The number of H-pyrrole nitrogens is 1. The molecule has 0 saturated carbocycles. The zero-order chi connectivity index (χ0) is 22.6. The van der Waals surface area contributed by atoms with Gasteiger partial charge in [-0.3, -0.25) is 9.89 Å². The maximum Gasteiger partial charge on any atom is 0.222 e. The van der Waals surface area contributed by atoms with Crippen molar-refractivity contribution in [1.29, 1.82) is 0 Å². The van der Waals surface area contributed by atoms with Crippen LogP contribution in [0.3, 0.4) is 0 Å². The second kappa shape index (κ2) is 9.46. The Morgan fingerprint density at radius 3 is 2.85 bits per heavy atom. The van der Waals surface area contributed by atoms with Gasteiger partial charge in [-0.25, -0.2) is 4.98 Å². The Morgan fingerprint density at radius 2 is 2.12 bits per heavy atom. The third-order valence-electron chi connectivity index (χ3n) is 6.30. The van der Waals surface area contributed by atoms with Gasteiger partial charge < -0.3 is 19.4 Å². The van der Waals surface area contributed by atoms with Crippen molar-refractivity contribution in [1.82, 2.24) is 25.4 Å². The van der Waals surface area contributed by atoms with Crippen molar-refractivity contribution < 1.29 is 13.9 Å². The van der Waals surface area contributed by atoms with Gasteiger partial charge in [0.25, 0.3) is 0 Å². The van der Waals surface area contributed by atoms with Crippen LogP contribution in [0.25, 0.3) is 22.2 Å². The molecule has 3 aromatic heterocycles. The summed E-state index contributed by atoms with van der Waals surface area (Å²) in [5, 5.41) is 10.7. The fourth-order valence-electron chi connectivity index (χ4n) is 4.36. The Bertz CT molecular complexity index is 1210. The normalized spacial score (nSPS) is 15.1. The lowest BCUT2D eigenvalue weighted by Crippen LogP contribution is -2.40. The summed E-state index contributed by atoms with van der Waals surface area (Å²) in [6, 6.07) is 11.6. The van der Waals surface area contributed by atoms with Crippen LogP contribution >= 0.6 is 0 Å². The van der Waals surface area contributed by atoms with Gasteiger partial charge in [-0.2, -0.15) is 5.10 Å². The SMILES string of the molecule is CNC(=O)C1CCN(CCc2coc3cc(Oc4ccc(-c5ccn[nH]5)cn4)ccc23)CC1. The molecule has 0 atom stereocenters. The van der Waals surface area contributed by atoms with E-state index < -0.39 is 0 Å². The first kappa shape index (κ1) is 21.2. The zero-order valence-electron chi connectivity index (χ0n) is 18.6. The average molecular weight is 446 g/mol. The third kappa shape index (κ3) is 4.75. The van der Waals surface area contributed by atoms with E-state index in [9.17, 15) is 4.79 Å².